The van der Waals surface area contributed by atoms with Crippen LogP contribution in [0.4, 0.5) is 13.2 Å². The lowest BCUT2D eigenvalue weighted by Gasteiger charge is -2.09. The summed E-state index contributed by atoms with van der Waals surface area (Å²) < 4.78 is 36.2. The monoisotopic (exact) mass is 257 g/mol. The lowest BCUT2D eigenvalue weighted by molar-refractivity contribution is -0.169. The van der Waals surface area contributed by atoms with Gasteiger partial charge in [-0.05, 0) is 19.4 Å². The van der Waals surface area contributed by atoms with Crippen LogP contribution in [0.2, 0.25) is 0 Å². The first-order valence-electron chi connectivity index (χ1n) is 5.49. The fraction of sp³-hybridized carbons (Fsp3) is 0.385. The van der Waals surface area contributed by atoms with Gasteiger partial charge < -0.3 is 0 Å². The number of halogens is 3. The predicted octanol–water partition coefficient (Wildman–Crippen LogP) is 3.73. The number of carbonyl (C=O) groups excluding carboxylic acids is 1. The molecule has 0 aromatic heterocycles. The van der Waals surface area contributed by atoms with Crippen LogP contribution >= 0.6 is 0 Å². The third kappa shape index (κ3) is 4.31. The molecule has 18 heavy (non-hydrogen) atoms. The van der Waals surface area contributed by atoms with Crippen LogP contribution in [0.5, 0.6) is 0 Å². The lowest BCUT2D eigenvalue weighted by Crippen LogP contribution is -2.24. The smallest absolute Gasteiger partial charge is 0.289 e. The van der Waals surface area contributed by atoms with Gasteiger partial charge in [0.2, 0.25) is 5.78 Å². The largest absolute Gasteiger partial charge is 0.450 e. The molecule has 1 aromatic rings. The van der Waals surface area contributed by atoms with E-state index in [2.05, 4.69) is 4.99 Å². The maximum Gasteiger partial charge on any atom is 0.450 e. The van der Waals surface area contributed by atoms with Gasteiger partial charge in [0.1, 0.15) is 0 Å². The molecule has 0 heterocycles. The standard InChI is InChI=1S/C13H14F3NO/c1-9(8-12(18)13(14,15)16)17-10(2)11-6-4-3-5-7-11/h3-7,10H,8H2,1-2H3/t10-/m1/s1. The highest BCUT2D eigenvalue weighted by Gasteiger charge is 2.37. The van der Waals surface area contributed by atoms with E-state index in [1.54, 1.807) is 6.92 Å². The van der Waals surface area contributed by atoms with Crippen molar-refractivity contribution in [2.45, 2.75) is 32.5 Å². The maximum atomic E-state index is 12.1. The van der Waals surface area contributed by atoms with Crippen molar-refractivity contribution in [3.8, 4) is 0 Å². The van der Waals surface area contributed by atoms with Crippen molar-refractivity contribution in [2.75, 3.05) is 0 Å². The highest BCUT2D eigenvalue weighted by atomic mass is 19.4. The van der Waals surface area contributed by atoms with E-state index in [0.717, 1.165) is 5.56 Å². The topological polar surface area (TPSA) is 29.4 Å². The SMILES string of the molecule is CC(CC(=O)C(F)(F)F)=N[C@H](C)c1ccccc1. The van der Waals surface area contributed by atoms with Gasteiger partial charge >= 0.3 is 6.18 Å². The second-order valence-corrected chi connectivity index (χ2v) is 4.05. The number of carbonyl (C=O) groups is 1. The molecule has 0 saturated heterocycles. The number of ketones is 1. The highest BCUT2D eigenvalue weighted by molar-refractivity contribution is 6.03. The molecule has 2 nitrogen and oxygen atoms in total. The van der Waals surface area contributed by atoms with Crippen LogP contribution in [0.25, 0.3) is 0 Å². The second kappa shape index (κ2) is 5.80. The third-order valence-corrected chi connectivity index (χ3v) is 2.43. The van der Waals surface area contributed by atoms with Gasteiger partial charge in [-0.2, -0.15) is 13.2 Å². The Hall–Kier alpha value is -1.65. The molecule has 0 bridgehead atoms. The average molecular weight is 257 g/mol. The quantitative estimate of drug-likeness (QED) is 0.756. The van der Waals surface area contributed by atoms with Crippen LogP contribution in [-0.4, -0.2) is 17.7 Å². The van der Waals surface area contributed by atoms with E-state index in [-0.39, 0.29) is 11.8 Å². The fourth-order valence-corrected chi connectivity index (χ4v) is 1.51. The number of rotatable bonds is 4. The molecule has 0 radical (unpaired) electrons. The summed E-state index contributed by atoms with van der Waals surface area (Å²) in [5.74, 6) is -1.76. The number of alkyl halides is 3. The molecule has 0 fully saturated rings. The second-order valence-electron chi connectivity index (χ2n) is 4.05. The van der Waals surface area contributed by atoms with E-state index in [0.29, 0.717) is 0 Å². The zero-order chi connectivity index (χ0) is 13.8. The summed E-state index contributed by atoms with van der Waals surface area (Å²) in [5, 5.41) is 0. The summed E-state index contributed by atoms with van der Waals surface area (Å²) in [6.07, 6.45) is -5.46. The molecule has 0 aliphatic rings. The Morgan fingerprint density at radius 1 is 1.28 bits per heavy atom. The summed E-state index contributed by atoms with van der Waals surface area (Å²) in [7, 11) is 0. The Labute approximate surface area is 104 Å². The molecule has 0 unspecified atom stereocenters. The summed E-state index contributed by atoms with van der Waals surface area (Å²) in [5.41, 5.74) is 1.09. The molecule has 0 aliphatic carbocycles. The van der Waals surface area contributed by atoms with E-state index in [9.17, 15) is 18.0 Å². The summed E-state index contributed by atoms with van der Waals surface area (Å²) in [6, 6.07) is 8.93. The van der Waals surface area contributed by atoms with Crippen molar-refractivity contribution in [1.82, 2.24) is 0 Å². The molecule has 0 saturated carbocycles. The molecule has 0 spiro atoms. The molecule has 0 aliphatic heterocycles. The lowest BCUT2D eigenvalue weighted by atomic mass is 10.1. The van der Waals surface area contributed by atoms with Crippen LogP contribution in [0.3, 0.4) is 0 Å². The summed E-state index contributed by atoms with van der Waals surface area (Å²) >= 11 is 0. The zero-order valence-corrected chi connectivity index (χ0v) is 10.2. The first-order chi connectivity index (χ1) is 8.30. The maximum absolute atomic E-state index is 12.1. The molecule has 0 amide bonds. The van der Waals surface area contributed by atoms with Crippen LogP contribution in [0.15, 0.2) is 35.3 Å². The number of nitrogens with zero attached hydrogens (tertiary/aromatic N) is 1. The van der Waals surface area contributed by atoms with Crippen LogP contribution in [0, 0.1) is 0 Å². The number of hydrogen-bond acceptors (Lipinski definition) is 2. The van der Waals surface area contributed by atoms with Gasteiger partial charge in [-0.25, -0.2) is 0 Å². The van der Waals surface area contributed by atoms with Gasteiger partial charge in [-0.1, -0.05) is 30.3 Å². The predicted molar refractivity (Wildman–Crippen MR) is 63.6 cm³/mol. The van der Waals surface area contributed by atoms with Gasteiger partial charge in [0, 0.05) is 5.71 Å². The van der Waals surface area contributed by atoms with Gasteiger partial charge in [-0.15, -0.1) is 0 Å². The van der Waals surface area contributed by atoms with E-state index >= 15 is 0 Å². The minimum Gasteiger partial charge on any atom is -0.289 e. The molecule has 5 heteroatoms. The first-order valence-corrected chi connectivity index (χ1v) is 5.49. The molecular formula is C13H14F3NO. The van der Waals surface area contributed by atoms with E-state index in [4.69, 9.17) is 0 Å². The van der Waals surface area contributed by atoms with Crippen molar-refractivity contribution in [3.05, 3.63) is 35.9 Å². The molecular weight excluding hydrogens is 243 g/mol. The minimum absolute atomic E-state index is 0.189. The number of hydrogen-bond donors (Lipinski definition) is 0. The van der Waals surface area contributed by atoms with Crippen molar-refractivity contribution in [2.24, 2.45) is 4.99 Å². The molecule has 98 valence electrons. The Morgan fingerprint density at radius 2 is 1.83 bits per heavy atom. The average Bonchev–Trinajstić information content (AvgIpc) is 2.28. The van der Waals surface area contributed by atoms with Crippen molar-refractivity contribution < 1.29 is 18.0 Å². The van der Waals surface area contributed by atoms with Gasteiger partial charge in [0.15, 0.2) is 0 Å². The highest BCUT2D eigenvalue weighted by Crippen LogP contribution is 2.20. The molecule has 0 N–H and O–H groups in total. The Morgan fingerprint density at radius 3 is 2.33 bits per heavy atom. The van der Waals surface area contributed by atoms with Gasteiger partial charge in [-0.3, -0.25) is 9.79 Å². The number of Topliss-reactive ketones (excluding diaryl/α,β-unsaturated/α-hetero) is 1. The number of aliphatic imine (C=N–C) groups is 1. The zero-order valence-electron chi connectivity index (χ0n) is 10.2. The van der Waals surface area contributed by atoms with E-state index < -0.39 is 18.4 Å². The Bertz CT molecular complexity index is 437. The molecule has 1 atom stereocenters. The van der Waals surface area contributed by atoms with E-state index in [1.807, 2.05) is 30.3 Å². The third-order valence-electron chi connectivity index (χ3n) is 2.43. The normalized spacial score (nSPS) is 14.4. The number of benzene rings is 1. The Kier molecular flexibility index (Phi) is 4.64. The van der Waals surface area contributed by atoms with Crippen LogP contribution in [-0.2, 0) is 4.79 Å². The molecule has 1 rings (SSSR count). The van der Waals surface area contributed by atoms with Crippen LogP contribution in [0.1, 0.15) is 31.9 Å². The Balaban J connectivity index is 2.70. The van der Waals surface area contributed by atoms with Crippen molar-refractivity contribution in [1.29, 1.82) is 0 Å². The first kappa shape index (κ1) is 14.4. The van der Waals surface area contributed by atoms with Crippen molar-refractivity contribution in [3.63, 3.8) is 0 Å². The molecule has 1 aromatic carbocycles. The summed E-state index contributed by atoms with van der Waals surface area (Å²) in [6.45, 7) is 3.21. The van der Waals surface area contributed by atoms with Gasteiger partial charge in [0.05, 0.1) is 12.5 Å². The van der Waals surface area contributed by atoms with Crippen molar-refractivity contribution >= 4 is 11.5 Å². The minimum atomic E-state index is -4.78. The van der Waals surface area contributed by atoms with Gasteiger partial charge in [0.25, 0.3) is 0 Å². The summed E-state index contributed by atoms with van der Waals surface area (Å²) in [4.78, 5) is 14.9. The fourth-order valence-electron chi connectivity index (χ4n) is 1.51. The van der Waals surface area contributed by atoms with E-state index in [1.165, 1.54) is 6.92 Å². The van der Waals surface area contributed by atoms with Crippen LogP contribution < -0.4 is 0 Å².